The minimum absolute atomic E-state index is 0.00609. The number of hydrogen-bond donors (Lipinski definition) is 1. The van der Waals surface area contributed by atoms with E-state index in [1.165, 1.54) is 4.68 Å². The summed E-state index contributed by atoms with van der Waals surface area (Å²) in [6.07, 6.45) is 10.6. The average molecular weight is 422 g/mol. The number of anilines is 2. The summed E-state index contributed by atoms with van der Waals surface area (Å²) in [6.45, 7) is 5.38. The van der Waals surface area contributed by atoms with Crippen LogP contribution in [0.15, 0.2) is 30.9 Å². The number of nitrogens with one attached hydrogen (secondary N) is 1. The molecular formula is C22H27N7O2. The molecule has 31 heavy (non-hydrogen) atoms. The summed E-state index contributed by atoms with van der Waals surface area (Å²) < 4.78 is 9.04. The molecule has 0 unspecified atom stereocenters. The number of carbonyl (C=O) groups excluding carboxylic acids is 1. The fourth-order valence-electron chi connectivity index (χ4n) is 3.77. The van der Waals surface area contributed by atoms with E-state index in [9.17, 15) is 4.79 Å². The van der Waals surface area contributed by atoms with Gasteiger partial charge in [0.25, 0.3) is 0 Å². The quantitative estimate of drug-likeness (QED) is 0.525. The van der Waals surface area contributed by atoms with Crippen LogP contribution in [0.4, 0.5) is 11.6 Å². The Morgan fingerprint density at radius 1 is 1.35 bits per heavy atom. The van der Waals surface area contributed by atoms with E-state index < -0.39 is 0 Å². The first-order valence-electron chi connectivity index (χ1n) is 10.8. The van der Waals surface area contributed by atoms with Crippen LogP contribution in [0.5, 0.6) is 0 Å². The number of esters is 1. The van der Waals surface area contributed by atoms with Crippen LogP contribution < -0.4 is 5.32 Å². The third kappa shape index (κ3) is 4.85. The maximum Gasteiger partial charge on any atom is 0.328 e. The van der Waals surface area contributed by atoms with Gasteiger partial charge in [-0.3, -0.25) is 9.48 Å². The zero-order valence-electron chi connectivity index (χ0n) is 17.9. The normalized spacial score (nSPS) is 18.0. The van der Waals surface area contributed by atoms with E-state index in [2.05, 4.69) is 51.1 Å². The van der Waals surface area contributed by atoms with Crippen molar-refractivity contribution in [3.05, 3.63) is 30.9 Å². The first-order chi connectivity index (χ1) is 15.1. The topological polar surface area (TPSA) is 111 Å². The van der Waals surface area contributed by atoms with Crippen molar-refractivity contribution >= 4 is 28.6 Å². The monoisotopic (exact) mass is 421 g/mol. The standard InChI is InChI=1S/C22H27N7O2/c1-3-15(4-2)12-28-6-5-17-10-24-22(27-21(17)28)26-18-11-25-29(13-18)14-20(30)31-19-7-16(8-19)9-23/h5-6,10-11,13,15-16,19H,3-4,7-8,12,14H2,1-2H3,(H,24,26,27). The number of rotatable bonds is 9. The van der Waals surface area contributed by atoms with Gasteiger partial charge < -0.3 is 14.6 Å². The van der Waals surface area contributed by atoms with Crippen molar-refractivity contribution in [2.24, 2.45) is 11.8 Å². The Balaban J connectivity index is 1.37. The van der Waals surface area contributed by atoms with Crippen molar-refractivity contribution in [2.45, 2.75) is 58.7 Å². The molecule has 0 saturated heterocycles. The molecule has 3 aromatic heterocycles. The Kier molecular flexibility index (Phi) is 6.16. The van der Waals surface area contributed by atoms with Gasteiger partial charge in [-0.25, -0.2) is 4.98 Å². The van der Waals surface area contributed by atoms with Gasteiger partial charge in [-0.05, 0) is 12.0 Å². The molecule has 0 amide bonds. The van der Waals surface area contributed by atoms with E-state index in [0.717, 1.165) is 30.4 Å². The van der Waals surface area contributed by atoms with E-state index >= 15 is 0 Å². The zero-order valence-corrected chi connectivity index (χ0v) is 17.9. The van der Waals surface area contributed by atoms with E-state index in [0.29, 0.717) is 30.4 Å². The molecule has 0 radical (unpaired) electrons. The molecule has 0 atom stereocenters. The number of aromatic nitrogens is 5. The van der Waals surface area contributed by atoms with Crippen LogP contribution in [-0.4, -0.2) is 36.4 Å². The lowest BCUT2D eigenvalue weighted by Crippen LogP contribution is -2.33. The number of carbonyl (C=O) groups is 1. The Morgan fingerprint density at radius 3 is 2.90 bits per heavy atom. The molecule has 9 nitrogen and oxygen atoms in total. The van der Waals surface area contributed by atoms with Crippen LogP contribution in [0.3, 0.4) is 0 Å². The summed E-state index contributed by atoms with van der Waals surface area (Å²) in [4.78, 5) is 21.1. The van der Waals surface area contributed by atoms with Gasteiger partial charge in [-0.15, -0.1) is 0 Å². The van der Waals surface area contributed by atoms with Crippen LogP contribution in [0.1, 0.15) is 39.5 Å². The second kappa shape index (κ2) is 9.16. The van der Waals surface area contributed by atoms with Crippen molar-refractivity contribution in [3.63, 3.8) is 0 Å². The molecule has 0 bridgehead atoms. The smallest absolute Gasteiger partial charge is 0.328 e. The number of nitrogens with zero attached hydrogens (tertiary/aromatic N) is 6. The Morgan fingerprint density at radius 2 is 2.16 bits per heavy atom. The lowest BCUT2D eigenvalue weighted by atomic mass is 9.83. The van der Waals surface area contributed by atoms with Crippen LogP contribution in [0.25, 0.3) is 11.0 Å². The van der Waals surface area contributed by atoms with Crippen LogP contribution in [0, 0.1) is 23.2 Å². The molecule has 1 fully saturated rings. The summed E-state index contributed by atoms with van der Waals surface area (Å²) in [5.41, 5.74) is 1.59. The molecule has 1 N–H and O–H groups in total. The van der Waals surface area contributed by atoms with E-state index in [1.807, 2.05) is 12.3 Å². The second-order valence-corrected chi connectivity index (χ2v) is 8.08. The molecule has 9 heteroatoms. The highest BCUT2D eigenvalue weighted by Gasteiger charge is 2.32. The molecule has 1 aliphatic rings. The molecule has 0 aliphatic heterocycles. The van der Waals surface area contributed by atoms with E-state index in [4.69, 9.17) is 10.00 Å². The van der Waals surface area contributed by atoms with Gasteiger partial charge in [0, 0.05) is 43.4 Å². The van der Waals surface area contributed by atoms with Gasteiger partial charge in [0.1, 0.15) is 18.3 Å². The minimum atomic E-state index is -0.354. The summed E-state index contributed by atoms with van der Waals surface area (Å²) in [6, 6.07) is 4.21. The second-order valence-electron chi connectivity index (χ2n) is 8.08. The fourth-order valence-corrected chi connectivity index (χ4v) is 3.77. The van der Waals surface area contributed by atoms with E-state index in [1.54, 1.807) is 12.4 Å². The van der Waals surface area contributed by atoms with Crippen LogP contribution in [0.2, 0.25) is 0 Å². The molecule has 3 aromatic rings. The zero-order chi connectivity index (χ0) is 21.8. The number of hydrogen-bond acceptors (Lipinski definition) is 7. The van der Waals surface area contributed by atoms with Crippen molar-refractivity contribution < 1.29 is 9.53 Å². The Labute approximate surface area is 181 Å². The molecule has 3 heterocycles. The molecule has 162 valence electrons. The Bertz CT molecular complexity index is 1090. The lowest BCUT2D eigenvalue weighted by molar-refractivity contribution is -0.155. The third-order valence-electron chi connectivity index (χ3n) is 5.87. The molecule has 0 spiro atoms. The highest BCUT2D eigenvalue weighted by Crippen LogP contribution is 2.29. The predicted octanol–water partition coefficient (Wildman–Crippen LogP) is 3.65. The first-order valence-corrected chi connectivity index (χ1v) is 10.8. The van der Waals surface area contributed by atoms with Gasteiger partial charge in [0.15, 0.2) is 0 Å². The van der Waals surface area contributed by atoms with Crippen molar-refractivity contribution in [3.8, 4) is 6.07 Å². The number of ether oxygens (including phenoxy) is 1. The van der Waals surface area contributed by atoms with Crippen molar-refractivity contribution in [1.82, 2.24) is 24.3 Å². The van der Waals surface area contributed by atoms with Gasteiger partial charge >= 0.3 is 5.97 Å². The van der Waals surface area contributed by atoms with Gasteiger partial charge in [0.2, 0.25) is 5.95 Å². The first kappa shape index (κ1) is 20.8. The largest absolute Gasteiger partial charge is 0.461 e. The van der Waals surface area contributed by atoms with Gasteiger partial charge in [-0.1, -0.05) is 26.7 Å². The summed E-state index contributed by atoms with van der Waals surface area (Å²) >= 11 is 0. The highest BCUT2D eigenvalue weighted by atomic mass is 16.5. The highest BCUT2D eigenvalue weighted by molar-refractivity contribution is 5.76. The SMILES string of the molecule is CCC(CC)Cn1ccc2cnc(Nc3cnn(CC(=O)OC4CC(C#N)C4)c3)nc21. The van der Waals surface area contributed by atoms with Crippen LogP contribution >= 0.6 is 0 Å². The van der Waals surface area contributed by atoms with Crippen LogP contribution in [-0.2, 0) is 22.6 Å². The predicted molar refractivity (Wildman–Crippen MR) is 115 cm³/mol. The molecule has 1 saturated carbocycles. The third-order valence-corrected chi connectivity index (χ3v) is 5.87. The maximum atomic E-state index is 12.1. The van der Waals surface area contributed by atoms with Crippen molar-refractivity contribution in [2.75, 3.05) is 5.32 Å². The van der Waals surface area contributed by atoms with Gasteiger partial charge in [0.05, 0.1) is 23.9 Å². The average Bonchev–Trinajstić information content (AvgIpc) is 3.35. The van der Waals surface area contributed by atoms with Gasteiger partial charge in [-0.2, -0.15) is 15.3 Å². The summed E-state index contributed by atoms with van der Waals surface area (Å²) in [7, 11) is 0. The number of fused-ring (bicyclic) bond motifs is 1. The lowest BCUT2D eigenvalue weighted by Gasteiger charge is -2.29. The number of nitriles is 1. The molecule has 1 aliphatic carbocycles. The summed E-state index contributed by atoms with van der Waals surface area (Å²) in [5, 5.41) is 17.2. The molecular weight excluding hydrogens is 394 g/mol. The minimum Gasteiger partial charge on any atom is -0.461 e. The molecule has 0 aromatic carbocycles. The fraction of sp³-hybridized carbons (Fsp3) is 0.500. The molecule has 4 rings (SSSR count). The summed E-state index contributed by atoms with van der Waals surface area (Å²) in [5.74, 6) is 0.751. The van der Waals surface area contributed by atoms with Crippen molar-refractivity contribution in [1.29, 1.82) is 5.26 Å². The maximum absolute atomic E-state index is 12.1. The van der Waals surface area contributed by atoms with E-state index in [-0.39, 0.29) is 24.5 Å². The Hall–Kier alpha value is -3.41.